The highest BCUT2D eigenvalue weighted by Crippen LogP contribution is 2.28. The highest BCUT2D eigenvalue weighted by Gasteiger charge is 2.13. The molecule has 0 saturated carbocycles. The van der Waals surface area contributed by atoms with Crippen LogP contribution in [0.5, 0.6) is 11.5 Å². The minimum Gasteiger partial charge on any atom is -0.495 e. The molecule has 7 nitrogen and oxygen atoms in total. The number of nitriles is 1. The number of halogens is 1. The Morgan fingerprint density at radius 2 is 1.96 bits per heavy atom. The largest absolute Gasteiger partial charge is 0.495 e. The molecule has 2 aromatic rings. The first kappa shape index (κ1) is 20.8. The van der Waals surface area contributed by atoms with Crippen molar-refractivity contribution in [2.75, 3.05) is 19.0 Å². The predicted octanol–water partition coefficient (Wildman–Crippen LogP) is 3.75. The number of hydrogen-bond donors (Lipinski definition) is 2. The SMILES string of the molecule is COc1ccc(Cl)cc1NC(=O)/C(C#N)=C/c1ccc(OCCC(=O)O)cc1. The smallest absolute Gasteiger partial charge is 0.306 e. The van der Waals surface area contributed by atoms with Gasteiger partial charge < -0.3 is 19.9 Å². The number of carbonyl (C=O) groups is 2. The number of amides is 1. The molecular weight excluding hydrogens is 384 g/mol. The van der Waals surface area contributed by atoms with Crippen molar-refractivity contribution < 1.29 is 24.2 Å². The third-order valence-corrected chi connectivity index (χ3v) is 3.79. The molecule has 0 radical (unpaired) electrons. The fraction of sp³-hybridized carbons (Fsp3) is 0.150. The first-order chi connectivity index (χ1) is 13.4. The zero-order valence-corrected chi connectivity index (χ0v) is 15.7. The van der Waals surface area contributed by atoms with Gasteiger partial charge in [0.1, 0.15) is 23.1 Å². The van der Waals surface area contributed by atoms with Crippen molar-refractivity contribution in [3.05, 3.63) is 58.6 Å². The highest BCUT2D eigenvalue weighted by atomic mass is 35.5. The van der Waals surface area contributed by atoms with Gasteiger partial charge in [0.05, 0.1) is 25.8 Å². The van der Waals surface area contributed by atoms with Crippen LogP contribution in [0.4, 0.5) is 5.69 Å². The Morgan fingerprint density at radius 3 is 2.57 bits per heavy atom. The van der Waals surface area contributed by atoms with Gasteiger partial charge in [-0.1, -0.05) is 23.7 Å². The molecule has 0 saturated heterocycles. The van der Waals surface area contributed by atoms with E-state index >= 15 is 0 Å². The van der Waals surface area contributed by atoms with Gasteiger partial charge in [0.25, 0.3) is 5.91 Å². The maximum absolute atomic E-state index is 12.4. The molecule has 0 unspecified atom stereocenters. The highest BCUT2D eigenvalue weighted by molar-refractivity contribution is 6.31. The molecule has 0 heterocycles. The summed E-state index contributed by atoms with van der Waals surface area (Å²) in [7, 11) is 1.46. The van der Waals surface area contributed by atoms with Crippen molar-refractivity contribution in [1.82, 2.24) is 0 Å². The number of ether oxygens (including phenoxy) is 2. The molecule has 0 aliphatic rings. The van der Waals surface area contributed by atoms with Crippen molar-refractivity contribution in [2.45, 2.75) is 6.42 Å². The van der Waals surface area contributed by atoms with Crippen LogP contribution in [0.1, 0.15) is 12.0 Å². The normalized spacial score (nSPS) is 10.7. The minimum atomic E-state index is -0.944. The zero-order valence-electron chi connectivity index (χ0n) is 14.9. The van der Waals surface area contributed by atoms with E-state index in [2.05, 4.69) is 5.32 Å². The summed E-state index contributed by atoms with van der Waals surface area (Å²) in [5.41, 5.74) is 0.847. The lowest BCUT2D eigenvalue weighted by atomic mass is 10.1. The number of aliphatic carboxylic acids is 1. The number of nitrogens with one attached hydrogen (secondary N) is 1. The van der Waals surface area contributed by atoms with Crippen LogP contribution in [-0.4, -0.2) is 30.7 Å². The van der Waals surface area contributed by atoms with Gasteiger partial charge in [0.2, 0.25) is 0 Å². The number of nitrogens with zero attached hydrogens (tertiary/aromatic N) is 1. The average molecular weight is 401 g/mol. The lowest BCUT2D eigenvalue weighted by Gasteiger charge is -2.10. The number of carbonyl (C=O) groups excluding carboxylic acids is 1. The number of benzene rings is 2. The molecule has 0 spiro atoms. The first-order valence-corrected chi connectivity index (χ1v) is 8.52. The number of hydrogen-bond acceptors (Lipinski definition) is 5. The number of rotatable bonds is 8. The summed E-state index contributed by atoms with van der Waals surface area (Å²) < 4.78 is 10.5. The lowest BCUT2D eigenvalue weighted by Crippen LogP contribution is -2.14. The molecule has 0 aliphatic heterocycles. The Bertz CT molecular complexity index is 933. The van der Waals surface area contributed by atoms with Gasteiger partial charge in [-0.3, -0.25) is 9.59 Å². The number of anilines is 1. The van der Waals surface area contributed by atoms with Crippen molar-refractivity contribution in [3.63, 3.8) is 0 Å². The number of carboxylic acids is 1. The van der Waals surface area contributed by atoms with Crippen molar-refractivity contribution in [2.24, 2.45) is 0 Å². The van der Waals surface area contributed by atoms with E-state index in [0.29, 0.717) is 27.8 Å². The van der Waals surface area contributed by atoms with E-state index in [9.17, 15) is 14.9 Å². The van der Waals surface area contributed by atoms with Crippen LogP contribution in [0.3, 0.4) is 0 Å². The second kappa shape index (κ2) is 10.00. The van der Waals surface area contributed by atoms with Crippen molar-refractivity contribution in [1.29, 1.82) is 5.26 Å². The van der Waals surface area contributed by atoms with E-state index < -0.39 is 11.9 Å². The maximum Gasteiger partial charge on any atom is 0.306 e. The Hall–Kier alpha value is -3.50. The van der Waals surface area contributed by atoms with E-state index in [1.165, 1.54) is 19.3 Å². The summed E-state index contributed by atoms with van der Waals surface area (Å²) in [5, 5.41) is 20.9. The van der Waals surface area contributed by atoms with Gasteiger partial charge in [-0.05, 0) is 42.0 Å². The minimum absolute atomic E-state index is 0.0534. The van der Waals surface area contributed by atoms with Crippen LogP contribution in [0.2, 0.25) is 5.02 Å². The quantitative estimate of drug-likeness (QED) is 0.516. The number of methoxy groups -OCH3 is 1. The summed E-state index contributed by atoms with van der Waals surface area (Å²) in [4.78, 5) is 22.9. The summed E-state index contributed by atoms with van der Waals surface area (Å²) >= 11 is 5.94. The topological polar surface area (TPSA) is 109 Å². The van der Waals surface area contributed by atoms with Crippen LogP contribution in [-0.2, 0) is 9.59 Å². The Balaban J connectivity index is 2.10. The van der Waals surface area contributed by atoms with Gasteiger partial charge in [-0.25, -0.2) is 0 Å². The summed E-state index contributed by atoms with van der Waals surface area (Å²) in [6, 6.07) is 13.2. The van der Waals surface area contributed by atoms with Crippen LogP contribution >= 0.6 is 11.6 Å². The third-order valence-electron chi connectivity index (χ3n) is 3.55. The van der Waals surface area contributed by atoms with Crippen molar-refractivity contribution >= 4 is 35.2 Å². The molecule has 0 aromatic heterocycles. The summed E-state index contributed by atoms with van der Waals surface area (Å²) in [5.74, 6) is -0.645. The molecule has 2 N–H and O–H groups in total. The van der Waals surface area contributed by atoms with E-state index in [-0.39, 0.29) is 18.6 Å². The molecule has 0 bridgehead atoms. The monoisotopic (exact) mass is 400 g/mol. The lowest BCUT2D eigenvalue weighted by molar-refractivity contribution is -0.137. The third kappa shape index (κ3) is 6.04. The Morgan fingerprint density at radius 1 is 1.25 bits per heavy atom. The Kier molecular flexibility index (Phi) is 7.43. The van der Waals surface area contributed by atoms with E-state index in [4.69, 9.17) is 26.2 Å². The molecule has 8 heteroatoms. The summed E-state index contributed by atoms with van der Waals surface area (Å²) in [6.45, 7) is 0.0534. The average Bonchev–Trinajstić information content (AvgIpc) is 2.67. The van der Waals surface area contributed by atoms with Crippen LogP contribution in [0.25, 0.3) is 6.08 Å². The van der Waals surface area contributed by atoms with Gasteiger partial charge in [0.15, 0.2) is 0 Å². The molecule has 0 fully saturated rings. The molecular formula is C20H17ClN2O5. The fourth-order valence-electron chi connectivity index (χ4n) is 2.20. The standard InChI is InChI=1S/C20H17ClN2O5/c1-27-18-7-4-15(21)11-17(18)23-20(26)14(12-22)10-13-2-5-16(6-3-13)28-9-8-19(24)25/h2-7,10-11H,8-9H2,1H3,(H,23,26)(H,24,25)/b14-10+. The molecule has 144 valence electrons. The molecule has 1 amide bonds. The number of carboxylic acid groups (broad SMARTS) is 1. The van der Waals surface area contributed by atoms with Gasteiger partial charge in [0, 0.05) is 5.02 Å². The van der Waals surface area contributed by atoms with Crippen LogP contribution in [0.15, 0.2) is 48.0 Å². The van der Waals surface area contributed by atoms with E-state index in [0.717, 1.165) is 0 Å². The predicted molar refractivity (Wildman–Crippen MR) is 104 cm³/mol. The summed E-state index contributed by atoms with van der Waals surface area (Å²) in [6.07, 6.45) is 1.32. The maximum atomic E-state index is 12.4. The fourth-order valence-corrected chi connectivity index (χ4v) is 2.37. The van der Waals surface area contributed by atoms with Gasteiger partial charge >= 0.3 is 5.97 Å². The van der Waals surface area contributed by atoms with Gasteiger partial charge in [-0.15, -0.1) is 0 Å². The van der Waals surface area contributed by atoms with Crippen molar-refractivity contribution in [3.8, 4) is 17.6 Å². The van der Waals surface area contributed by atoms with Crippen LogP contribution < -0.4 is 14.8 Å². The molecule has 0 aliphatic carbocycles. The van der Waals surface area contributed by atoms with Gasteiger partial charge in [-0.2, -0.15) is 5.26 Å². The second-order valence-electron chi connectivity index (χ2n) is 5.53. The second-order valence-corrected chi connectivity index (χ2v) is 5.97. The molecule has 0 atom stereocenters. The Labute approximate surface area is 166 Å². The molecule has 2 aromatic carbocycles. The van der Waals surface area contributed by atoms with E-state index in [1.54, 1.807) is 36.4 Å². The zero-order chi connectivity index (χ0) is 20.5. The van der Waals surface area contributed by atoms with Crippen LogP contribution in [0, 0.1) is 11.3 Å². The molecule has 2 rings (SSSR count). The van der Waals surface area contributed by atoms with E-state index in [1.807, 2.05) is 6.07 Å². The molecule has 28 heavy (non-hydrogen) atoms. The first-order valence-electron chi connectivity index (χ1n) is 8.14.